The van der Waals surface area contributed by atoms with Crippen molar-refractivity contribution in [3.05, 3.63) is 76.5 Å². The Hall–Kier alpha value is -3.23. The summed E-state index contributed by atoms with van der Waals surface area (Å²) in [5.41, 5.74) is 2.75. The van der Waals surface area contributed by atoms with Crippen molar-refractivity contribution in [3.63, 3.8) is 0 Å². The normalized spacial score (nSPS) is 16.3. The first-order chi connectivity index (χ1) is 16.0. The summed E-state index contributed by atoms with van der Waals surface area (Å²) in [6, 6.07) is 12.3. The van der Waals surface area contributed by atoms with Crippen molar-refractivity contribution >= 4 is 23.2 Å². The van der Waals surface area contributed by atoms with Gasteiger partial charge in [0.1, 0.15) is 5.82 Å². The standard InChI is InChI=1S/C24H24ClFN4O3/c1-3-32-13-5-12-30-15(2)20(21(27-24(30)31)16-8-10-19(26)11-9-16)23-28-22(29-33-23)17-6-4-7-18(25)14-17/h4,6-11,14,21H,3,5,12-13H2,1-2H3,(H,27,31). The number of urea groups is 1. The van der Waals surface area contributed by atoms with Crippen LogP contribution in [0.2, 0.25) is 5.02 Å². The maximum absolute atomic E-state index is 13.5. The highest BCUT2D eigenvalue weighted by atomic mass is 35.5. The smallest absolute Gasteiger partial charge is 0.322 e. The molecule has 7 nitrogen and oxygen atoms in total. The first-order valence-corrected chi connectivity index (χ1v) is 11.1. The van der Waals surface area contributed by atoms with Crippen LogP contribution in [0.4, 0.5) is 9.18 Å². The number of nitrogens with zero attached hydrogens (tertiary/aromatic N) is 3. The molecule has 0 radical (unpaired) electrons. The van der Waals surface area contributed by atoms with Gasteiger partial charge in [-0.15, -0.1) is 0 Å². The average Bonchev–Trinajstić information content (AvgIpc) is 3.28. The quantitative estimate of drug-likeness (QED) is 0.442. The van der Waals surface area contributed by atoms with Crippen molar-refractivity contribution in [1.82, 2.24) is 20.4 Å². The molecule has 33 heavy (non-hydrogen) atoms. The summed E-state index contributed by atoms with van der Waals surface area (Å²) in [6.45, 7) is 5.40. The van der Waals surface area contributed by atoms with E-state index in [1.165, 1.54) is 12.1 Å². The fourth-order valence-corrected chi connectivity index (χ4v) is 3.97. The SMILES string of the molecule is CCOCCCN1C(=O)NC(c2ccc(F)cc2)C(c2nc(-c3cccc(Cl)c3)no2)=C1C. The van der Waals surface area contributed by atoms with Crippen LogP contribution in [0.5, 0.6) is 0 Å². The molecule has 0 fully saturated rings. The molecule has 1 unspecified atom stereocenters. The highest BCUT2D eigenvalue weighted by Gasteiger charge is 2.35. The van der Waals surface area contributed by atoms with Crippen LogP contribution in [0.1, 0.15) is 37.8 Å². The number of benzene rings is 2. The van der Waals surface area contributed by atoms with Gasteiger partial charge in [-0.05, 0) is 50.1 Å². The van der Waals surface area contributed by atoms with Gasteiger partial charge in [0.2, 0.25) is 5.82 Å². The number of aromatic nitrogens is 2. The molecule has 0 saturated heterocycles. The predicted molar refractivity (Wildman–Crippen MR) is 123 cm³/mol. The number of carbonyl (C=O) groups excluding carboxylic acids is 1. The van der Waals surface area contributed by atoms with E-state index in [1.54, 1.807) is 35.2 Å². The van der Waals surface area contributed by atoms with Gasteiger partial charge in [0.15, 0.2) is 0 Å². The molecule has 0 spiro atoms. The third-order valence-electron chi connectivity index (χ3n) is 5.41. The van der Waals surface area contributed by atoms with E-state index < -0.39 is 6.04 Å². The number of carbonyl (C=O) groups is 1. The lowest BCUT2D eigenvalue weighted by Crippen LogP contribution is -2.46. The first kappa shape index (κ1) is 22.9. The number of halogens is 2. The molecular formula is C24H24ClFN4O3. The van der Waals surface area contributed by atoms with E-state index in [0.29, 0.717) is 59.4 Å². The fourth-order valence-electron chi connectivity index (χ4n) is 3.78. The molecule has 2 amide bonds. The molecule has 9 heteroatoms. The third-order valence-corrected chi connectivity index (χ3v) is 5.65. The Morgan fingerprint density at radius 1 is 1.24 bits per heavy atom. The minimum atomic E-state index is -0.575. The fraction of sp³-hybridized carbons (Fsp3) is 0.292. The Bertz CT molecular complexity index is 1160. The van der Waals surface area contributed by atoms with E-state index in [2.05, 4.69) is 15.5 Å². The zero-order valence-corrected chi connectivity index (χ0v) is 19.1. The van der Waals surface area contributed by atoms with Gasteiger partial charge in [-0.1, -0.05) is 41.0 Å². The van der Waals surface area contributed by atoms with Gasteiger partial charge in [0, 0.05) is 36.0 Å². The van der Waals surface area contributed by atoms with Crippen LogP contribution in [0, 0.1) is 5.82 Å². The average molecular weight is 471 g/mol. The van der Waals surface area contributed by atoms with Crippen LogP contribution < -0.4 is 5.32 Å². The Morgan fingerprint density at radius 2 is 2.03 bits per heavy atom. The first-order valence-electron chi connectivity index (χ1n) is 10.7. The van der Waals surface area contributed by atoms with Gasteiger partial charge in [0.25, 0.3) is 5.89 Å². The van der Waals surface area contributed by atoms with E-state index in [-0.39, 0.29) is 17.7 Å². The second-order valence-electron chi connectivity index (χ2n) is 7.57. The van der Waals surface area contributed by atoms with Gasteiger partial charge < -0.3 is 14.6 Å². The van der Waals surface area contributed by atoms with Crippen LogP contribution in [0.15, 0.2) is 58.8 Å². The largest absolute Gasteiger partial charge is 0.382 e. The maximum atomic E-state index is 13.5. The summed E-state index contributed by atoms with van der Waals surface area (Å²) in [5.74, 6) is 0.291. The second-order valence-corrected chi connectivity index (χ2v) is 8.01. The lowest BCUT2D eigenvalue weighted by atomic mass is 9.94. The summed E-state index contributed by atoms with van der Waals surface area (Å²) in [5, 5.41) is 7.68. The van der Waals surface area contributed by atoms with E-state index >= 15 is 0 Å². The van der Waals surface area contributed by atoms with Crippen molar-refractivity contribution in [1.29, 1.82) is 0 Å². The van der Waals surface area contributed by atoms with E-state index in [1.807, 2.05) is 19.9 Å². The van der Waals surface area contributed by atoms with Crippen LogP contribution in [-0.4, -0.2) is 40.8 Å². The Balaban J connectivity index is 1.74. The zero-order valence-electron chi connectivity index (χ0n) is 18.3. The summed E-state index contributed by atoms with van der Waals surface area (Å²) in [4.78, 5) is 19.2. The molecule has 3 aromatic rings. The summed E-state index contributed by atoms with van der Waals surface area (Å²) < 4.78 is 24.6. The van der Waals surface area contributed by atoms with Crippen LogP contribution in [-0.2, 0) is 4.74 Å². The van der Waals surface area contributed by atoms with Crippen molar-refractivity contribution in [3.8, 4) is 11.4 Å². The van der Waals surface area contributed by atoms with Crippen LogP contribution in [0.25, 0.3) is 17.0 Å². The van der Waals surface area contributed by atoms with Crippen LogP contribution >= 0.6 is 11.6 Å². The lowest BCUT2D eigenvalue weighted by Gasteiger charge is -2.35. The molecule has 1 N–H and O–H groups in total. The molecule has 1 aliphatic heterocycles. The Labute approximate surface area is 196 Å². The highest BCUT2D eigenvalue weighted by Crippen LogP contribution is 2.37. The van der Waals surface area contributed by atoms with Gasteiger partial charge in [-0.2, -0.15) is 4.98 Å². The highest BCUT2D eigenvalue weighted by molar-refractivity contribution is 6.30. The maximum Gasteiger partial charge on any atom is 0.322 e. The Morgan fingerprint density at radius 3 is 2.76 bits per heavy atom. The summed E-state index contributed by atoms with van der Waals surface area (Å²) >= 11 is 6.10. The zero-order chi connectivity index (χ0) is 23.4. The molecule has 172 valence electrons. The van der Waals surface area contributed by atoms with Crippen molar-refractivity contribution < 1.29 is 18.4 Å². The minimum absolute atomic E-state index is 0.253. The molecule has 2 aromatic carbocycles. The van der Waals surface area contributed by atoms with Gasteiger partial charge >= 0.3 is 6.03 Å². The number of allylic oxidation sites excluding steroid dienone is 1. The number of nitrogens with one attached hydrogen (secondary N) is 1. The number of ether oxygens (including phenoxy) is 1. The van der Waals surface area contributed by atoms with Crippen molar-refractivity contribution in [2.45, 2.75) is 26.3 Å². The molecule has 2 heterocycles. The van der Waals surface area contributed by atoms with Gasteiger partial charge in [0.05, 0.1) is 11.6 Å². The summed E-state index contributed by atoms with van der Waals surface area (Å²) in [7, 11) is 0. The number of hydrogen-bond acceptors (Lipinski definition) is 5. The number of rotatable bonds is 8. The lowest BCUT2D eigenvalue weighted by molar-refractivity contribution is 0.136. The number of amides is 2. The van der Waals surface area contributed by atoms with E-state index in [0.717, 1.165) is 0 Å². The molecule has 1 atom stereocenters. The molecule has 1 aromatic heterocycles. The van der Waals surface area contributed by atoms with Crippen molar-refractivity contribution in [2.24, 2.45) is 0 Å². The van der Waals surface area contributed by atoms with Gasteiger partial charge in [-0.25, -0.2) is 9.18 Å². The van der Waals surface area contributed by atoms with Crippen LogP contribution in [0.3, 0.4) is 0 Å². The number of hydrogen-bond donors (Lipinski definition) is 1. The van der Waals surface area contributed by atoms with E-state index in [9.17, 15) is 9.18 Å². The molecule has 0 aliphatic carbocycles. The Kier molecular flexibility index (Phi) is 7.05. The van der Waals surface area contributed by atoms with Crippen molar-refractivity contribution in [2.75, 3.05) is 19.8 Å². The molecule has 0 bridgehead atoms. The molecule has 4 rings (SSSR count). The van der Waals surface area contributed by atoms with E-state index in [4.69, 9.17) is 20.9 Å². The molecule has 0 saturated carbocycles. The predicted octanol–water partition coefficient (Wildman–Crippen LogP) is 5.45. The van der Waals surface area contributed by atoms with Gasteiger partial charge in [-0.3, -0.25) is 4.90 Å². The minimum Gasteiger partial charge on any atom is -0.382 e. The molecular weight excluding hydrogens is 447 g/mol. The summed E-state index contributed by atoms with van der Waals surface area (Å²) in [6.07, 6.45) is 0.671. The molecule has 1 aliphatic rings. The third kappa shape index (κ3) is 5.07. The second kappa shape index (κ2) is 10.1. The topological polar surface area (TPSA) is 80.5 Å². The monoisotopic (exact) mass is 470 g/mol.